The fourth-order valence-corrected chi connectivity index (χ4v) is 2.75. The highest BCUT2D eigenvalue weighted by molar-refractivity contribution is 5.83. The lowest BCUT2D eigenvalue weighted by atomic mass is 10.1. The Balaban J connectivity index is 1.47. The minimum atomic E-state index is 0.509. The quantitative estimate of drug-likeness (QED) is 0.345. The van der Waals surface area contributed by atoms with Gasteiger partial charge in [0.2, 0.25) is 0 Å². The van der Waals surface area contributed by atoms with Gasteiger partial charge in [-0.15, -0.1) is 0 Å². The Morgan fingerprint density at radius 2 is 2.07 bits per heavy atom. The zero-order chi connectivity index (χ0) is 18.7. The lowest BCUT2D eigenvalue weighted by Crippen LogP contribution is -2.38. The van der Waals surface area contributed by atoms with Crippen LogP contribution in [0.15, 0.2) is 64.3 Å². The van der Waals surface area contributed by atoms with E-state index in [0.717, 1.165) is 47.7 Å². The summed E-state index contributed by atoms with van der Waals surface area (Å²) in [6, 6.07) is 14.0. The molecule has 2 heterocycles. The number of hydrogen-bond donors (Lipinski definition) is 2. The van der Waals surface area contributed by atoms with Crippen LogP contribution in [-0.2, 0) is 17.9 Å². The first kappa shape index (κ1) is 18.9. The molecule has 3 aromatic rings. The van der Waals surface area contributed by atoms with Gasteiger partial charge in [0.15, 0.2) is 5.96 Å². The van der Waals surface area contributed by atoms with E-state index in [4.69, 9.17) is 14.1 Å². The molecule has 2 aromatic heterocycles. The maximum atomic E-state index is 5.60. The van der Waals surface area contributed by atoms with Gasteiger partial charge in [0, 0.05) is 31.3 Å². The van der Waals surface area contributed by atoms with Crippen molar-refractivity contribution in [1.82, 2.24) is 15.6 Å². The summed E-state index contributed by atoms with van der Waals surface area (Å²) in [4.78, 5) is 9.18. The van der Waals surface area contributed by atoms with E-state index >= 15 is 0 Å². The monoisotopic (exact) mass is 366 g/mol. The number of ether oxygens (including phenoxy) is 1. The number of aromatic nitrogens is 1. The van der Waals surface area contributed by atoms with Crippen molar-refractivity contribution in [1.29, 1.82) is 0 Å². The first-order chi connectivity index (χ1) is 13.4. The van der Waals surface area contributed by atoms with Crippen LogP contribution in [0.1, 0.15) is 24.7 Å². The van der Waals surface area contributed by atoms with Crippen molar-refractivity contribution in [2.24, 2.45) is 4.99 Å². The van der Waals surface area contributed by atoms with Gasteiger partial charge in [0.25, 0.3) is 0 Å². The molecular weight excluding hydrogens is 340 g/mol. The van der Waals surface area contributed by atoms with E-state index in [2.05, 4.69) is 40.7 Å². The minimum absolute atomic E-state index is 0.509. The van der Waals surface area contributed by atoms with Crippen LogP contribution in [0.25, 0.3) is 10.9 Å². The Morgan fingerprint density at radius 1 is 1.15 bits per heavy atom. The predicted molar refractivity (Wildman–Crippen MR) is 108 cm³/mol. The molecule has 6 heteroatoms. The summed E-state index contributed by atoms with van der Waals surface area (Å²) in [6.45, 7) is 5.42. The van der Waals surface area contributed by atoms with Crippen LogP contribution in [0.5, 0.6) is 0 Å². The first-order valence-corrected chi connectivity index (χ1v) is 9.31. The molecule has 0 fully saturated rings. The van der Waals surface area contributed by atoms with Gasteiger partial charge in [-0.25, -0.2) is 4.99 Å². The number of hydrogen-bond acceptors (Lipinski definition) is 4. The second-order valence-corrected chi connectivity index (χ2v) is 6.10. The molecule has 0 amide bonds. The summed E-state index contributed by atoms with van der Waals surface area (Å²) in [5.41, 5.74) is 2.12. The van der Waals surface area contributed by atoms with Gasteiger partial charge in [-0.1, -0.05) is 24.3 Å². The number of para-hydroxylation sites is 1. The van der Waals surface area contributed by atoms with Crippen LogP contribution in [-0.4, -0.2) is 30.6 Å². The molecule has 1 aromatic carbocycles. The second kappa shape index (κ2) is 10.3. The number of furan rings is 1. The van der Waals surface area contributed by atoms with E-state index in [0.29, 0.717) is 19.8 Å². The molecule has 0 radical (unpaired) electrons. The third kappa shape index (κ3) is 5.82. The van der Waals surface area contributed by atoms with E-state index in [9.17, 15) is 0 Å². The molecule has 0 aliphatic heterocycles. The van der Waals surface area contributed by atoms with Crippen LogP contribution in [0.2, 0.25) is 0 Å². The Labute approximate surface area is 159 Å². The van der Waals surface area contributed by atoms with E-state index in [1.807, 2.05) is 30.5 Å². The third-order valence-electron chi connectivity index (χ3n) is 4.05. The Morgan fingerprint density at radius 3 is 2.93 bits per heavy atom. The SMILES string of the molecule is CCNC(=NCc1cccc2cccnc12)NCCCOCc1ccco1. The highest BCUT2D eigenvalue weighted by atomic mass is 16.5. The standard InChI is InChI=1S/C21H26N4O2/c1-2-22-21(24-12-6-13-26-16-19-10-5-14-27-19)25-15-18-8-3-7-17-9-4-11-23-20(17)18/h3-5,7-11,14H,2,6,12-13,15-16H2,1H3,(H2,22,24,25). The number of rotatable bonds is 9. The van der Waals surface area contributed by atoms with E-state index in [1.54, 1.807) is 6.26 Å². The topological polar surface area (TPSA) is 71.7 Å². The molecule has 0 unspecified atom stereocenters. The molecule has 142 valence electrons. The zero-order valence-electron chi connectivity index (χ0n) is 15.6. The number of guanidine groups is 1. The lowest BCUT2D eigenvalue weighted by Gasteiger charge is -2.11. The number of pyridine rings is 1. The van der Waals surface area contributed by atoms with Crippen molar-refractivity contribution in [3.05, 3.63) is 66.2 Å². The molecule has 0 saturated carbocycles. The largest absolute Gasteiger partial charge is 0.467 e. The number of nitrogens with zero attached hydrogens (tertiary/aromatic N) is 2. The van der Waals surface area contributed by atoms with Gasteiger partial charge in [-0.2, -0.15) is 0 Å². The number of nitrogens with one attached hydrogen (secondary N) is 2. The summed E-state index contributed by atoms with van der Waals surface area (Å²) in [6.07, 6.45) is 4.37. The molecule has 3 rings (SSSR count). The molecule has 0 aliphatic rings. The minimum Gasteiger partial charge on any atom is -0.467 e. The van der Waals surface area contributed by atoms with Crippen molar-refractivity contribution in [3.8, 4) is 0 Å². The van der Waals surface area contributed by atoms with Crippen LogP contribution in [0.3, 0.4) is 0 Å². The number of aliphatic imine (C=N–C) groups is 1. The molecule has 0 atom stereocenters. The van der Waals surface area contributed by atoms with Gasteiger partial charge < -0.3 is 19.8 Å². The Hall–Kier alpha value is -2.86. The van der Waals surface area contributed by atoms with Crippen molar-refractivity contribution in [2.75, 3.05) is 19.7 Å². The highest BCUT2D eigenvalue weighted by Gasteiger charge is 2.02. The maximum Gasteiger partial charge on any atom is 0.191 e. The van der Waals surface area contributed by atoms with Gasteiger partial charge in [0.1, 0.15) is 12.4 Å². The second-order valence-electron chi connectivity index (χ2n) is 6.10. The van der Waals surface area contributed by atoms with Crippen LogP contribution < -0.4 is 10.6 Å². The van der Waals surface area contributed by atoms with Crippen LogP contribution in [0.4, 0.5) is 0 Å². The first-order valence-electron chi connectivity index (χ1n) is 9.31. The molecule has 0 saturated heterocycles. The van der Waals surface area contributed by atoms with Crippen LogP contribution >= 0.6 is 0 Å². The molecule has 0 bridgehead atoms. The molecule has 6 nitrogen and oxygen atoms in total. The average molecular weight is 366 g/mol. The Kier molecular flexibility index (Phi) is 7.24. The fourth-order valence-electron chi connectivity index (χ4n) is 2.75. The molecule has 0 spiro atoms. The van der Waals surface area contributed by atoms with Gasteiger partial charge >= 0.3 is 0 Å². The normalized spacial score (nSPS) is 11.7. The van der Waals surface area contributed by atoms with Crippen molar-refractivity contribution in [3.63, 3.8) is 0 Å². The van der Waals surface area contributed by atoms with E-state index in [-0.39, 0.29) is 0 Å². The van der Waals surface area contributed by atoms with Gasteiger partial charge in [0.05, 0.1) is 18.3 Å². The number of fused-ring (bicyclic) bond motifs is 1. The Bertz CT molecular complexity index is 841. The smallest absolute Gasteiger partial charge is 0.191 e. The van der Waals surface area contributed by atoms with Crippen LogP contribution in [0, 0.1) is 0 Å². The van der Waals surface area contributed by atoms with Crippen molar-refractivity contribution >= 4 is 16.9 Å². The maximum absolute atomic E-state index is 5.60. The zero-order valence-corrected chi connectivity index (χ0v) is 15.6. The van der Waals surface area contributed by atoms with Gasteiger partial charge in [-0.3, -0.25) is 4.98 Å². The number of benzene rings is 1. The molecule has 2 N–H and O–H groups in total. The van der Waals surface area contributed by atoms with E-state index < -0.39 is 0 Å². The molecule has 0 aliphatic carbocycles. The van der Waals surface area contributed by atoms with Gasteiger partial charge in [-0.05, 0) is 37.1 Å². The summed E-state index contributed by atoms with van der Waals surface area (Å²) in [5.74, 6) is 1.65. The summed E-state index contributed by atoms with van der Waals surface area (Å²) < 4.78 is 10.8. The summed E-state index contributed by atoms with van der Waals surface area (Å²) in [5, 5.41) is 7.76. The lowest BCUT2D eigenvalue weighted by molar-refractivity contribution is 0.105. The average Bonchev–Trinajstić information content (AvgIpc) is 3.22. The summed E-state index contributed by atoms with van der Waals surface area (Å²) in [7, 11) is 0. The van der Waals surface area contributed by atoms with Crippen molar-refractivity contribution in [2.45, 2.75) is 26.5 Å². The molecular formula is C21H26N4O2. The highest BCUT2D eigenvalue weighted by Crippen LogP contribution is 2.16. The predicted octanol–water partition coefficient (Wildman–Crippen LogP) is 3.49. The van der Waals surface area contributed by atoms with E-state index in [1.165, 1.54) is 0 Å². The summed E-state index contributed by atoms with van der Waals surface area (Å²) >= 11 is 0. The van der Waals surface area contributed by atoms with Crippen molar-refractivity contribution < 1.29 is 9.15 Å². The fraction of sp³-hybridized carbons (Fsp3) is 0.333. The molecule has 27 heavy (non-hydrogen) atoms. The third-order valence-corrected chi connectivity index (χ3v) is 4.05.